The lowest BCUT2D eigenvalue weighted by Gasteiger charge is -2.26. The fourth-order valence-electron chi connectivity index (χ4n) is 2.79. The summed E-state index contributed by atoms with van der Waals surface area (Å²) < 4.78 is 11.2. The molecule has 5 nitrogen and oxygen atoms in total. The molecule has 0 aliphatic carbocycles. The van der Waals surface area contributed by atoms with Gasteiger partial charge in [0.25, 0.3) is 0 Å². The lowest BCUT2D eigenvalue weighted by atomic mass is 9.83. The molecule has 3 N–H and O–H groups in total. The van der Waals surface area contributed by atoms with Crippen molar-refractivity contribution in [2.75, 3.05) is 25.5 Å². The summed E-state index contributed by atoms with van der Waals surface area (Å²) >= 11 is 0. The average Bonchev–Trinajstić information content (AvgIpc) is 2.62. The molecular weight excluding hydrogens is 352 g/mol. The molecule has 2 aromatic rings. The van der Waals surface area contributed by atoms with Crippen LogP contribution in [0.25, 0.3) is 0 Å². The van der Waals surface area contributed by atoms with Crippen molar-refractivity contribution in [1.29, 1.82) is 0 Å². The van der Waals surface area contributed by atoms with Crippen molar-refractivity contribution in [3.63, 3.8) is 0 Å². The smallest absolute Gasteiger partial charge is 0.230 e. The van der Waals surface area contributed by atoms with Crippen molar-refractivity contribution in [3.8, 4) is 11.5 Å². The van der Waals surface area contributed by atoms with Gasteiger partial charge in [-0.2, -0.15) is 0 Å². The van der Waals surface area contributed by atoms with Crippen LogP contribution in [0.2, 0.25) is 0 Å². The highest BCUT2D eigenvalue weighted by Gasteiger charge is 2.30. The molecule has 0 radical (unpaired) electrons. The summed E-state index contributed by atoms with van der Waals surface area (Å²) in [5.74, 6) is 1.42. The first-order valence-corrected chi connectivity index (χ1v) is 8.49. The Hall–Kier alpha value is -2.40. The van der Waals surface area contributed by atoms with Gasteiger partial charge < -0.3 is 20.5 Å². The molecule has 1 heterocycles. The van der Waals surface area contributed by atoms with Crippen LogP contribution in [-0.2, 0) is 16.6 Å². The second-order valence-corrected chi connectivity index (χ2v) is 6.73. The zero-order valence-electron chi connectivity index (χ0n) is 15.1. The number of anilines is 1. The Kier molecular flexibility index (Phi) is 6.37. The largest absolute Gasteiger partial charge is 0.486 e. The molecule has 1 amide bonds. The summed E-state index contributed by atoms with van der Waals surface area (Å²) in [6.07, 6.45) is 0.767. The molecule has 0 aromatic heterocycles. The van der Waals surface area contributed by atoms with Gasteiger partial charge in [0, 0.05) is 12.2 Å². The van der Waals surface area contributed by atoms with Crippen LogP contribution in [0, 0.1) is 0 Å². The summed E-state index contributed by atoms with van der Waals surface area (Å²) in [6, 6.07) is 13.4. The molecule has 26 heavy (non-hydrogen) atoms. The lowest BCUT2D eigenvalue weighted by molar-refractivity contribution is -0.125. The summed E-state index contributed by atoms with van der Waals surface area (Å²) in [5.41, 5.74) is 7.82. The maximum Gasteiger partial charge on any atom is 0.230 e. The van der Waals surface area contributed by atoms with Gasteiger partial charge in [-0.25, -0.2) is 0 Å². The molecule has 6 heteroatoms. The van der Waals surface area contributed by atoms with Crippen LogP contribution < -0.4 is 20.5 Å². The molecule has 0 saturated carbocycles. The van der Waals surface area contributed by atoms with Gasteiger partial charge in [-0.3, -0.25) is 4.79 Å². The van der Waals surface area contributed by atoms with E-state index in [9.17, 15) is 4.79 Å². The second-order valence-electron chi connectivity index (χ2n) is 6.73. The van der Waals surface area contributed by atoms with E-state index in [1.165, 1.54) is 0 Å². The molecular formula is C20H25ClN2O3. The Morgan fingerprint density at radius 2 is 1.73 bits per heavy atom. The molecule has 1 aliphatic heterocycles. The number of nitrogen functional groups attached to an aromatic ring is 1. The number of hydrogen-bond acceptors (Lipinski definition) is 4. The molecule has 0 bridgehead atoms. The normalized spacial score (nSPS) is 12.8. The molecule has 1 aliphatic rings. The highest BCUT2D eigenvalue weighted by molar-refractivity contribution is 5.87. The molecule has 0 fully saturated rings. The topological polar surface area (TPSA) is 73.6 Å². The van der Waals surface area contributed by atoms with Gasteiger partial charge in [0.05, 0.1) is 5.41 Å². The van der Waals surface area contributed by atoms with E-state index >= 15 is 0 Å². The maximum absolute atomic E-state index is 12.7. The molecule has 0 atom stereocenters. The van der Waals surface area contributed by atoms with Crippen molar-refractivity contribution >= 4 is 24.0 Å². The van der Waals surface area contributed by atoms with Crippen molar-refractivity contribution in [1.82, 2.24) is 5.32 Å². The molecule has 0 unspecified atom stereocenters. The van der Waals surface area contributed by atoms with E-state index in [1.54, 1.807) is 0 Å². The molecule has 0 spiro atoms. The zero-order valence-corrected chi connectivity index (χ0v) is 15.9. The van der Waals surface area contributed by atoms with Crippen molar-refractivity contribution in [2.24, 2.45) is 0 Å². The van der Waals surface area contributed by atoms with E-state index in [1.807, 2.05) is 56.3 Å². The minimum absolute atomic E-state index is 0. The average molecular weight is 377 g/mol. The summed E-state index contributed by atoms with van der Waals surface area (Å²) in [4.78, 5) is 12.7. The number of rotatable bonds is 5. The van der Waals surface area contributed by atoms with Crippen molar-refractivity contribution in [2.45, 2.75) is 25.7 Å². The van der Waals surface area contributed by atoms with Gasteiger partial charge in [0.1, 0.15) is 13.2 Å². The van der Waals surface area contributed by atoms with Gasteiger partial charge in [-0.05, 0) is 55.7 Å². The number of hydrogen-bond donors (Lipinski definition) is 2. The highest BCUT2D eigenvalue weighted by atomic mass is 35.5. The van der Waals surface area contributed by atoms with Crippen molar-refractivity contribution < 1.29 is 14.3 Å². The number of halogens is 1. The Bertz CT molecular complexity index is 760. The van der Waals surface area contributed by atoms with Crippen LogP contribution in [0.15, 0.2) is 42.5 Å². The Morgan fingerprint density at radius 3 is 2.42 bits per heavy atom. The van der Waals surface area contributed by atoms with E-state index in [-0.39, 0.29) is 18.3 Å². The number of fused-ring (bicyclic) bond motifs is 1. The number of nitrogens with one attached hydrogen (secondary N) is 1. The Morgan fingerprint density at radius 1 is 1.08 bits per heavy atom. The van der Waals surface area contributed by atoms with Gasteiger partial charge >= 0.3 is 0 Å². The quantitative estimate of drug-likeness (QED) is 0.786. The van der Waals surface area contributed by atoms with Crippen LogP contribution >= 0.6 is 12.4 Å². The Balaban J connectivity index is 0.00000243. The minimum atomic E-state index is -0.656. The number of amides is 1. The SMILES string of the molecule is CC(C)(C(=O)NCCc1ccc(N)cc1)c1ccc2c(c1)OCCO2.Cl. The van der Waals surface area contributed by atoms with Gasteiger partial charge in [0.15, 0.2) is 11.5 Å². The summed E-state index contributed by atoms with van der Waals surface area (Å²) in [6.45, 7) is 5.50. The fourth-order valence-corrected chi connectivity index (χ4v) is 2.79. The summed E-state index contributed by atoms with van der Waals surface area (Å²) in [7, 11) is 0. The van der Waals surface area contributed by atoms with Gasteiger partial charge in [0.2, 0.25) is 5.91 Å². The molecule has 2 aromatic carbocycles. The van der Waals surface area contributed by atoms with Crippen molar-refractivity contribution in [3.05, 3.63) is 53.6 Å². The third-order valence-electron chi connectivity index (χ3n) is 4.51. The predicted molar refractivity (Wildman–Crippen MR) is 105 cm³/mol. The first-order valence-electron chi connectivity index (χ1n) is 8.49. The van der Waals surface area contributed by atoms with E-state index in [4.69, 9.17) is 15.2 Å². The number of benzene rings is 2. The zero-order chi connectivity index (χ0) is 17.9. The first kappa shape index (κ1) is 19.9. The van der Waals surface area contributed by atoms with Crippen LogP contribution in [0.3, 0.4) is 0 Å². The number of nitrogens with two attached hydrogens (primary N) is 1. The van der Waals surface area contributed by atoms with E-state index in [0.717, 1.165) is 29.0 Å². The summed E-state index contributed by atoms with van der Waals surface area (Å²) in [5, 5.41) is 3.02. The van der Waals surface area contributed by atoms with Gasteiger partial charge in [-0.1, -0.05) is 18.2 Å². The molecule has 0 saturated heterocycles. The number of ether oxygens (including phenoxy) is 2. The lowest BCUT2D eigenvalue weighted by Crippen LogP contribution is -2.41. The highest BCUT2D eigenvalue weighted by Crippen LogP contribution is 2.35. The molecule has 140 valence electrons. The minimum Gasteiger partial charge on any atom is -0.486 e. The fraction of sp³-hybridized carbons (Fsp3) is 0.350. The van der Waals surface area contributed by atoms with E-state index in [0.29, 0.717) is 25.5 Å². The number of carbonyl (C=O) groups excluding carboxylic acids is 1. The van der Waals surface area contributed by atoms with Crippen LogP contribution in [0.4, 0.5) is 5.69 Å². The standard InChI is InChI=1S/C20H24N2O3.ClH/c1-20(2,15-5-8-17-18(13-15)25-12-11-24-17)19(23)22-10-9-14-3-6-16(21)7-4-14;/h3-8,13H,9-12,21H2,1-2H3,(H,22,23);1H. The van der Waals surface area contributed by atoms with E-state index < -0.39 is 5.41 Å². The first-order chi connectivity index (χ1) is 12.0. The monoisotopic (exact) mass is 376 g/mol. The Labute approximate surface area is 160 Å². The van der Waals surface area contributed by atoms with E-state index in [2.05, 4.69) is 5.32 Å². The third kappa shape index (κ3) is 4.41. The van der Waals surface area contributed by atoms with Gasteiger partial charge in [-0.15, -0.1) is 12.4 Å². The predicted octanol–water partition coefficient (Wildman–Crippen LogP) is 3.10. The van der Waals surface area contributed by atoms with Crippen LogP contribution in [0.5, 0.6) is 11.5 Å². The van der Waals surface area contributed by atoms with Crippen LogP contribution in [0.1, 0.15) is 25.0 Å². The third-order valence-corrected chi connectivity index (χ3v) is 4.51. The number of carbonyl (C=O) groups is 1. The second kappa shape index (κ2) is 8.32. The maximum atomic E-state index is 12.7. The van der Waals surface area contributed by atoms with Crippen LogP contribution in [-0.4, -0.2) is 25.7 Å². The molecule has 3 rings (SSSR count).